The largest absolute Gasteiger partial charge is 0.403 e. The van der Waals surface area contributed by atoms with Crippen molar-refractivity contribution in [3.05, 3.63) is 65.2 Å². The van der Waals surface area contributed by atoms with Gasteiger partial charge in [0.2, 0.25) is 15.9 Å². The van der Waals surface area contributed by atoms with E-state index in [1.54, 1.807) is 36.4 Å². The lowest BCUT2D eigenvalue weighted by Gasteiger charge is -2.11. The van der Waals surface area contributed by atoms with Gasteiger partial charge in [0.25, 0.3) is 5.91 Å². The van der Waals surface area contributed by atoms with E-state index in [1.165, 1.54) is 32.3 Å². The summed E-state index contributed by atoms with van der Waals surface area (Å²) in [7, 11) is -0.617. The number of sulfonamides is 1. The van der Waals surface area contributed by atoms with Gasteiger partial charge in [-0.3, -0.25) is 10.1 Å². The zero-order valence-corrected chi connectivity index (χ0v) is 17.1. The van der Waals surface area contributed by atoms with E-state index < -0.39 is 15.9 Å². The predicted molar refractivity (Wildman–Crippen MR) is 110 cm³/mol. The summed E-state index contributed by atoms with van der Waals surface area (Å²) in [5.74, 6) is -0.322. The van der Waals surface area contributed by atoms with Crippen molar-refractivity contribution in [1.29, 1.82) is 0 Å². The lowest BCUT2D eigenvalue weighted by Crippen LogP contribution is -2.22. The molecule has 0 aliphatic carbocycles. The maximum Gasteiger partial charge on any atom is 0.322 e. The van der Waals surface area contributed by atoms with Crippen molar-refractivity contribution in [3.63, 3.8) is 0 Å². The second-order valence-corrected chi connectivity index (χ2v) is 8.63. The molecule has 10 heteroatoms. The minimum atomic E-state index is -3.53. The van der Waals surface area contributed by atoms with Crippen LogP contribution >= 0.6 is 11.6 Å². The van der Waals surface area contributed by atoms with Gasteiger partial charge in [-0.05, 0) is 42.0 Å². The van der Waals surface area contributed by atoms with Crippen LogP contribution in [0.2, 0.25) is 5.02 Å². The highest BCUT2D eigenvalue weighted by atomic mass is 35.5. The number of amides is 1. The first-order chi connectivity index (χ1) is 13.8. The van der Waals surface area contributed by atoms with Gasteiger partial charge in [-0.15, -0.1) is 5.10 Å². The van der Waals surface area contributed by atoms with Crippen molar-refractivity contribution in [2.24, 2.45) is 0 Å². The Kier molecular flexibility index (Phi) is 6.12. The lowest BCUT2D eigenvalue weighted by molar-refractivity contribution is -0.112. The molecule has 1 amide bonds. The van der Waals surface area contributed by atoms with Crippen LogP contribution in [0, 0.1) is 0 Å². The number of nitrogens with zero attached hydrogens (tertiary/aromatic N) is 3. The van der Waals surface area contributed by atoms with Crippen LogP contribution in [-0.4, -0.2) is 42.9 Å². The molecule has 2 aromatic carbocycles. The third-order valence-corrected chi connectivity index (χ3v) is 6.03. The summed E-state index contributed by atoms with van der Waals surface area (Å²) in [5, 5.41) is 10.6. The first-order valence-corrected chi connectivity index (χ1v) is 10.2. The Balaban J connectivity index is 1.69. The highest BCUT2D eigenvalue weighted by Gasteiger charge is 2.18. The van der Waals surface area contributed by atoms with E-state index in [9.17, 15) is 13.2 Å². The smallest absolute Gasteiger partial charge is 0.322 e. The SMILES string of the molecule is CN(C)S(=O)(=O)c1ccc(-c2nnc(NC(=O)C=Cc3ccccc3Cl)o2)cc1. The van der Waals surface area contributed by atoms with E-state index in [2.05, 4.69) is 15.5 Å². The van der Waals surface area contributed by atoms with Crippen LogP contribution in [0.1, 0.15) is 5.56 Å². The van der Waals surface area contributed by atoms with Crippen molar-refractivity contribution in [1.82, 2.24) is 14.5 Å². The fourth-order valence-electron chi connectivity index (χ4n) is 2.29. The normalized spacial score (nSPS) is 11.9. The number of carbonyl (C=O) groups is 1. The van der Waals surface area contributed by atoms with Crippen LogP contribution in [0.15, 0.2) is 63.9 Å². The molecule has 0 spiro atoms. The predicted octanol–water partition coefficient (Wildman–Crippen LogP) is 3.29. The molecule has 150 valence electrons. The summed E-state index contributed by atoms with van der Waals surface area (Å²) in [4.78, 5) is 12.2. The standard InChI is InChI=1S/C19H17ClN4O4S/c1-24(2)29(26,27)15-10-7-14(8-11-15)18-22-23-19(28-18)21-17(25)12-9-13-5-3-4-6-16(13)20/h3-12H,1-2H3,(H,21,23,25). The third-order valence-electron chi connectivity index (χ3n) is 3.85. The van der Waals surface area contributed by atoms with Crippen LogP contribution < -0.4 is 5.32 Å². The summed E-state index contributed by atoms with van der Waals surface area (Å²) in [6, 6.07) is 13.0. The fourth-order valence-corrected chi connectivity index (χ4v) is 3.39. The lowest BCUT2D eigenvalue weighted by atomic mass is 10.2. The number of benzene rings is 2. The Labute approximate surface area is 172 Å². The van der Waals surface area contributed by atoms with Gasteiger partial charge in [-0.1, -0.05) is 34.9 Å². The molecule has 8 nitrogen and oxygen atoms in total. The molecule has 3 rings (SSSR count). The molecule has 0 unspecified atom stereocenters. The van der Waals surface area contributed by atoms with Crippen LogP contribution in [0.25, 0.3) is 17.5 Å². The van der Waals surface area contributed by atoms with E-state index in [0.717, 1.165) is 4.31 Å². The number of hydrogen-bond donors (Lipinski definition) is 1. The van der Waals surface area contributed by atoms with Gasteiger partial charge in [0.05, 0.1) is 4.90 Å². The van der Waals surface area contributed by atoms with Crippen molar-refractivity contribution in [2.45, 2.75) is 4.90 Å². The Morgan fingerprint density at radius 3 is 2.45 bits per heavy atom. The first kappa shape index (κ1) is 20.7. The Morgan fingerprint density at radius 2 is 1.79 bits per heavy atom. The molecule has 3 aromatic rings. The summed E-state index contributed by atoms with van der Waals surface area (Å²) in [6.07, 6.45) is 2.87. The second kappa shape index (κ2) is 8.56. The van der Waals surface area contributed by atoms with Crippen molar-refractivity contribution in [3.8, 4) is 11.5 Å². The minimum absolute atomic E-state index is 0.0844. The first-order valence-electron chi connectivity index (χ1n) is 8.37. The number of halogens is 1. The molecule has 0 saturated heterocycles. The average molecular weight is 433 g/mol. The molecule has 1 aromatic heterocycles. The third kappa shape index (κ3) is 4.89. The van der Waals surface area contributed by atoms with Gasteiger partial charge in [-0.2, -0.15) is 0 Å². The van der Waals surface area contributed by atoms with Crippen molar-refractivity contribution in [2.75, 3.05) is 19.4 Å². The van der Waals surface area contributed by atoms with Gasteiger partial charge in [0, 0.05) is 30.8 Å². The Morgan fingerprint density at radius 1 is 1.10 bits per heavy atom. The molecule has 1 heterocycles. The zero-order chi connectivity index (χ0) is 21.0. The molecule has 0 atom stereocenters. The quantitative estimate of drug-likeness (QED) is 0.599. The molecule has 29 heavy (non-hydrogen) atoms. The summed E-state index contributed by atoms with van der Waals surface area (Å²) in [5.41, 5.74) is 1.21. The van der Waals surface area contributed by atoms with E-state index >= 15 is 0 Å². The molecular formula is C19H17ClN4O4S. The molecule has 0 bridgehead atoms. The van der Waals surface area contributed by atoms with Gasteiger partial charge in [0.1, 0.15) is 0 Å². The monoisotopic (exact) mass is 432 g/mol. The Bertz CT molecular complexity index is 1150. The van der Waals surface area contributed by atoms with E-state index in [1.807, 2.05) is 6.07 Å². The highest BCUT2D eigenvalue weighted by molar-refractivity contribution is 7.89. The zero-order valence-electron chi connectivity index (χ0n) is 15.5. The van der Waals surface area contributed by atoms with Crippen LogP contribution in [-0.2, 0) is 14.8 Å². The van der Waals surface area contributed by atoms with Gasteiger partial charge in [0.15, 0.2) is 0 Å². The fraction of sp³-hybridized carbons (Fsp3) is 0.105. The van der Waals surface area contributed by atoms with Crippen molar-refractivity contribution >= 4 is 39.6 Å². The van der Waals surface area contributed by atoms with Gasteiger partial charge < -0.3 is 4.42 Å². The average Bonchev–Trinajstić information content (AvgIpc) is 3.15. The summed E-state index contributed by atoms with van der Waals surface area (Å²) < 4.78 is 30.7. The second-order valence-electron chi connectivity index (χ2n) is 6.07. The number of hydrogen-bond acceptors (Lipinski definition) is 6. The molecule has 0 radical (unpaired) electrons. The molecule has 0 aliphatic rings. The number of rotatable bonds is 6. The maximum absolute atomic E-state index is 12.1. The van der Waals surface area contributed by atoms with Crippen LogP contribution in [0.5, 0.6) is 0 Å². The van der Waals surface area contributed by atoms with E-state index in [4.69, 9.17) is 16.0 Å². The number of nitrogens with one attached hydrogen (secondary N) is 1. The van der Waals surface area contributed by atoms with E-state index in [0.29, 0.717) is 16.1 Å². The van der Waals surface area contributed by atoms with Crippen molar-refractivity contribution < 1.29 is 17.6 Å². The van der Waals surface area contributed by atoms with Crippen LogP contribution in [0.4, 0.5) is 6.01 Å². The summed E-state index contributed by atoms with van der Waals surface area (Å²) in [6.45, 7) is 0. The maximum atomic E-state index is 12.1. The summed E-state index contributed by atoms with van der Waals surface area (Å²) >= 11 is 6.03. The van der Waals surface area contributed by atoms with E-state index in [-0.39, 0.29) is 16.8 Å². The number of carbonyl (C=O) groups excluding carboxylic acids is 1. The molecule has 0 aliphatic heterocycles. The molecular weight excluding hydrogens is 416 g/mol. The van der Waals surface area contributed by atoms with Gasteiger partial charge >= 0.3 is 6.01 Å². The molecule has 1 N–H and O–H groups in total. The molecule has 0 saturated carbocycles. The highest BCUT2D eigenvalue weighted by Crippen LogP contribution is 2.23. The number of anilines is 1. The topological polar surface area (TPSA) is 105 Å². The minimum Gasteiger partial charge on any atom is -0.403 e. The van der Waals surface area contributed by atoms with Crippen LogP contribution in [0.3, 0.4) is 0 Å². The number of aromatic nitrogens is 2. The molecule has 0 fully saturated rings. The Hall–Kier alpha value is -3.01. The van der Waals surface area contributed by atoms with Gasteiger partial charge in [-0.25, -0.2) is 12.7 Å².